The van der Waals surface area contributed by atoms with Gasteiger partial charge in [-0.25, -0.2) is 0 Å². The fourth-order valence-electron chi connectivity index (χ4n) is 1.10. The van der Waals surface area contributed by atoms with Gasteiger partial charge >= 0.3 is 0 Å². The quantitative estimate of drug-likeness (QED) is 0.775. The highest BCUT2D eigenvalue weighted by atomic mass is 32.1. The van der Waals surface area contributed by atoms with Gasteiger partial charge in [0.2, 0.25) is 11.1 Å². The van der Waals surface area contributed by atoms with Crippen LogP contribution in [-0.4, -0.2) is 48.5 Å². The predicted octanol–water partition coefficient (Wildman–Crippen LogP) is 0.508. The average molecular weight is 215 g/mol. The van der Waals surface area contributed by atoms with E-state index in [-0.39, 0.29) is 0 Å². The molecule has 0 radical (unpaired) electrons. The van der Waals surface area contributed by atoms with E-state index in [0.29, 0.717) is 5.95 Å². The number of hydrogen-bond acceptors (Lipinski definition) is 6. The predicted molar refractivity (Wildman–Crippen MR) is 60.8 cm³/mol. The zero-order chi connectivity index (χ0) is 10.6. The van der Waals surface area contributed by atoms with Crippen LogP contribution in [0.1, 0.15) is 6.42 Å². The van der Waals surface area contributed by atoms with Gasteiger partial charge in [0.05, 0.1) is 0 Å². The van der Waals surface area contributed by atoms with Crippen molar-refractivity contribution in [2.24, 2.45) is 0 Å². The molecule has 14 heavy (non-hydrogen) atoms. The maximum Gasteiger partial charge on any atom is 0.233 e. The Morgan fingerprint density at radius 2 is 2.00 bits per heavy atom. The van der Waals surface area contributed by atoms with E-state index < -0.39 is 0 Å². The van der Waals surface area contributed by atoms with Crippen LogP contribution in [-0.2, 0) is 0 Å². The Kier molecular flexibility index (Phi) is 4.09. The van der Waals surface area contributed by atoms with Crippen molar-refractivity contribution >= 4 is 22.6 Å². The number of rotatable bonds is 5. The smallest absolute Gasteiger partial charge is 0.233 e. The van der Waals surface area contributed by atoms with Crippen LogP contribution in [0, 0.1) is 0 Å². The summed E-state index contributed by atoms with van der Waals surface area (Å²) >= 11 is 1.34. The molecule has 0 bridgehead atoms. The summed E-state index contributed by atoms with van der Waals surface area (Å²) < 4.78 is 3.94. The second-order valence-electron chi connectivity index (χ2n) is 3.51. The monoisotopic (exact) mass is 215 g/mol. The minimum absolute atomic E-state index is 0.365. The van der Waals surface area contributed by atoms with Crippen LogP contribution < -0.4 is 10.6 Å². The summed E-state index contributed by atoms with van der Waals surface area (Å²) in [6, 6.07) is 0. The van der Waals surface area contributed by atoms with Crippen LogP contribution in [0.5, 0.6) is 0 Å². The van der Waals surface area contributed by atoms with Crippen LogP contribution in [0.4, 0.5) is 11.1 Å². The molecular weight excluding hydrogens is 198 g/mol. The lowest BCUT2D eigenvalue weighted by Gasteiger charge is -2.16. The van der Waals surface area contributed by atoms with E-state index in [1.54, 1.807) is 0 Å². The molecule has 1 aromatic rings. The second kappa shape index (κ2) is 5.11. The summed E-state index contributed by atoms with van der Waals surface area (Å²) in [5.74, 6) is 0.365. The molecule has 0 aliphatic carbocycles. The van der Waals surface area contributed by atoms with Gasteiger partial charge in [0, 0.05) is 25.1 Å². The molecule has 0 aromatic carbocycles. The molecule has 1 heterocycles. The van der Waals surface area contributed by atoms with E-state index >= 15 is 0 Å². The largest absolute Gasteiger partial charge is 0.367 e. The zero-order valence-corrected chi connectivity index (χ0v) is 9.71. The number of nitrogens with zero attached hydrogens (tertiary/aromatic N) is 4. The van der Waals surface area contributed by atoms with E-state index in [1.165, 1.54) is 11.5 Å². The first kappa shape index (κ1) is 11.2. The van der Waals surface area contributed by atoms with Gasteiger partial charge in [-0.05, 0) is 27.1 Å². The Morgan fingerprint density at radius 1 is 1.29 bits per heavy atom. The first-order valence-electron chi connectivity index (χ1n) is 4.54. The van der Waals surface area contributed by atoms with Crippen LogP contribution >= 0.6 is 11.5 Å². The van der Waals surface area contributed by atoms with Gasteiger partial charge in [0.1, 0.15) is 0 Å². The first-order chi connectivity index (χ1) is 6.59. The number of nitrogen functional groups attached to an aromatic ring is 1. The van der Waals surface area contributed by atoms with Crippen LogP contribution in [0.3, 0.4) is 0 Å². The molecule has 0 aliphatic rings. The van der Waals surface area contributed by atoms with Crippen LogP contribution in [0.2, 0.25) is 0 Å². The molecule has 1 aromatic heterocycles. The maximum absolute atomic E-state index is 5.45. The summed E-state index contributed by atoms with van der Waals surface area (Å²) in [5, 5.41) is 0.890. The Balaban J connectivity index is 2.32. The van der Waals surface area contributed by atoms with Crippen molar-refractivity contribution in [1.29, 1.82) is 0 Å². The van der Waals surface area contributed by atoms with Crippen molar-refractivity contribution in [3.63, 3.8) is 0 Å². The summed E-state index contributed by atoms with van der Waals surface area (Å²) in [4.78, 5) is 8.36. The molecule has 0 amide bonds. The van der Waals surface area contributed by atoms with E-state index in [2.05, 4.69) is 33.3 Å². The molecule has 0 fully saturated rings. The van der Waals surface area contributed by atoms with Gasteiger partial charge in [0.25, 0.3) is 0 Å². The molecule has 80 valence electrons. The Bertz CT molecular complexity index is 272. The maximum atomic E-state index is 5.45. The summed E-state index contributed by atoms with van der Waals surface area (Å²) in [7, 11) is 6.15. The lowest BCUT2D eigenvalue weighted by atomic mass is 10.4. The van der Waals surface area contributed by atoms with Gasteiger partial charge in [-0.3, -0.25) is 0 Å². The number of nitrogens with two attached hydrogens (primary N) is 1. The standard InChI is InChI=1S/C8H17N5S/c1-12(2)5-4-6-13(3)8-10-7(9)11-14-8/h4-6H2,1-3H3,(H2,9,11). The van der Waals surface area contributed by atoms with E-state index in [9.17, 15) is 0 Å². The lowest BCUT2D eigenvalue weighted by molar-refractivity contribution is 0.401. The van der Waals surface area contributed by atoms with Crippen molar-refractivity contribution in [1.82, 2.24) is 14.3 Å². The minimum atomic E-state index is 0.365. The Hall–Kier alpha value is -0.880. The number of anilines is 2. The SMILES string of the molecule is CN(C)CCCN(C)c1nc(N)ns1. The van der Waals surface area contributed by atoms with E-state index in [4.69, 9.17) is 5.73 Å². The fourth-order valence-corrected chi connectivity index (χ4v) is 1.68. The van der Waals surface area contributed by atoms with Gasteiger partial charge in [-0.1, -0.05) is 0 Å². The second-order valence-corrected chi connectivity index (χ2v) is 4.24. The van der Waals surface area contributed by atoms with Crippen LogP contribution in [0.25, 0.3) is 0 Å². The average Bonchev–Trinajstić information content (AvgIpc) is 2.51. The third kappa shape index (κ3) is 3.47. The summed E-state index contributed by atoms with van der Waals surface area (Å²) in [5.41, 5.74) is 5.45. The Labute approximate surface area is 88.7 Å². The number of hydrogen-bond donors (Lipinski definition) is 1. The fraction of sp³-hybridized carbons (Fsp3) is 0.750. The normalized spacial score (nSPS) is 10.9. The Morgan fingerprint density at radius 3 is 2.50 bits per heavy atom. The summed E-state index contributed by atoms with van der Waals surface area (Å²) in [6.45, 7) is 2.06. The van der Waals surface area contributed by atoms with Crippen LogP contribution in [0.15, 0.2) is 0 Å². The highest BCUT2D eigenvalue weighted by Crippen LogP contribution is 2.16. The molecule has 0 spiro atoms. The molecule has 0 unspecified atom stereocenters. The third-order valence-corrected chi connectivity index (χ3v) is 2.70. The molecule has 0 saturated heterocycles. The van der Waals surface area contributed by atoms with E-state index in [1.807, 2.05) is 7.05 Å². The van der Waals surface area contributed by atoms with Crippen molar-refractivity contribution in [2.45, 2.75) is 6.42 Å². The number of aromatic nitrogens is 2. The third-order valence-electron chi connectivity index (χ3n) is 1.86. The molecule has 2 N–H and O–H groups in total. The minimum Gasteiger partial charge on any atom is -0.367 e. The molecule has 5 nitrogen and oxygen atoms in total. The van der Waals surface area contributed by atoms with E-state index in [0.717, 1.165) is 24.6 Å². The topological polar surface area (TPSA) is 58.3 Å². The molecule has 1 rings (SSSR count). The van der Waals surface area contributed by atoms with Crippen molar-refractivity contribution < 1.29 is 0 Å². The molecule has 6 heteroatoms. The van der Waals surface area contributed by atoms with Gasteiger partial charge in [0.15, 0.2) is 0 Å². The molecular formula is C8H17N5S. The highest BCUT2D eigenvalue weighted by Gasteiger charge is 2.05. The molecule has 0 saturated carbocycles. The lowest BCUT2D eigenvalue weighted by Crippen LogP contribution is -2.23. The van der Waals surface area contributed by atoms with Gasteiger partial charge in [-0.2, -0.15) is 9.36 Å². The molecule has 0 atom stereocenters. The highest BCUT2D eigenvalue weighted by molar-refractivity contribution is 7.09. The van der Waals surface area contributed by atoms with Crippen molar-refractivity contribution in [3.05, 3.63) is 0 Å². The van der Waals surface area contributed by atoms with Crippen molar-refractivity contribution in [3.8, 4) is 0 Å². The zero-order valence-electron chi connectivity index (χ0n) is 8.90. The summed E-state index contributed by atoms with van der Waals surface area (Å²) in [6.07, 6.45) is 1.11. The van der Waals surface area contributed by atoms with Gasteiger partial charge < -0.3 is 15.5 Å². The molecule has 0 aliphatic heterocycles. The first-order valence-corrected chi connectivity index (χ1v) is 5.32. The van der Waals surface area contributed by atoms with Crippen molar-refractivity contribution in [2.75, 3.05) is 44.9 Å². The van der Waals surface area contributed by atoms with Gasteiger partial charge in [-0.15, -0.1) is 0 Å².